The van der Waals surface area contributed by atoms with E-state index in [1.165, 1.54) is 70.6 Å². The van der Waals surface area contributed by atoms with E-state index in [-0.39, 0.29) is 12.5 Å². The number of carbonyl (C=O) groups is 1. The standard InChI is InChI=1S/C44H77NO8/c1-3-5-7-9-11-13-15-17-19-21-23-25-27-29-31-33-38(47)37(36-52-44-43(51)42(50)41(49)39(35-46)53-44)45-40(48)34-32-30-28-26-24-22-20-18-16-14-12-10-8-6-4-2/h6,8,12,14,18,20,24,26,31,33,37-39,41-44,46-47,49-51H,3-5,7,9-11,13,15-17,19,21-23,25,27-30,32,34-36H2,1-2H3,(H,45,48)/b8-6-,14-12-,20-18-,26-24-,33-31+. The lowest BCUT2D eigenvalue weighted by Gasteiger charge is -2.40. The molecule has 306 valence electrons. The Morgan fingerprint density at radius 3 is 1.74 bits per heavy atom. The summed E-state index contributed by atoms with van der Waals surface area (Å²) < 4.78 is 11.2. The fourth-order valence-corrected chi connectivity index (χ4v) is 6.20. The van der Waals surface area contributed by atoms with Gasteiger partial charge in [-0.3, -0.25) is 4.79 Å². The number of amides is 1. The van der Waals surface area contributed by atoms with Crippen LogP contribution in [0.3, 0.4) is 0 Å². The van der Waals surface area contributed by atoms with Gasteiger partial charge in [0.25, 0.3) is 0 Å². The van der Waals surface area contributed by atoms with Gasteiger partial charge in [0, 0.05) is 6.42 Å². The Labute approximate surface area is 322 Å². The van der Waals surface area contributed by atoms with Gasteiger partial charge < -0.3 is 40.3 Å². The number of hydrogen-bond acceptors (Lipinski definition) is 8. The van der Waals surface area contributed by atoms with Crippen molar-refractivity contribution in [3.8, 4) is 0 Å². The summed E-state index contributed by atoms with van der Waals surface area (Å²) in [5, 5.41) is 54.0. The Bertz CT molecular complexity index is 1010. The van der Waals surface area contributed by atoms with Gasteiger partial charge >= 0.3 is 0 Å². The third kappa shape index (κ3) is 25.6. The molecule has 0 aromatic carbocycles. The summed E-state index contributed by atoms with van der Waals surface area (Å²) in [6.07, 6.45) is 36.9. The van der Waals surface area contributed by atoms with Crippen LogP contribution in [0.5, 0.6) is 0 Å². The molecule has 0 aliphatic carbocycles. The van der Waals surface area contributed by atoms with Gasteiger partial charge in [0.15, 0.2) is 6.29 Å². The lowest BCUT2D eigenvalue weighted by Crippen LogP contribution is -2.60. The minimum Gasteiger partial charge on any atom is -0.394 e. The SMILES string of the molecule is CC/C=C\C/C=C\C/C=C\C/C=C\CCCCC(=O)NC(COC1OC(CO)C(O)C(O)C1O)C(O)/C=C/CCCCCCCCCCCCCCC. The Hall–Kier alpha value is -2.11. The largest absolute Gasteiger partial charge is 0.394 e. The average Bonchev–Trinajstić information content (AvgIpc) is 3.16. The van der Waals surface area contributed by atoms with E-state index < -0.39 is 49.5 Å². The molecule has 1 fully saturated rings. The highest BCUT2D eigenvalue weighted by atomic mass is 16.7. The molecule has 0 spiro atoms. The van der Waals surface area contributed by atoms with E-state index in [0.717, 1.165) is 57.8 Å². The Balaban J connectivity index is 2.46. The van der Waals surface area contributed by atoms with Gasteiger partial charge in [-0.2, -0.15) is 0 Å². The van der Waals surface area contributed by atoms with Gasteiger partial charge in [-0.15, -0.1) is 0 Å². The molecule has 7 unspecified atom stereocenters. The molecule has 0 radical (unpaired) electrons. The number of unbranched alkanes of at least 4 members (excludes halogenated alkanes) is 15. The zero-order valence-electron chi connectivity index (χ0n) is 33.2. The monoisotopic (exact) mass is 748 g/mol. The summed E-state index contributed by atoms with van der Waals surface area (Å²) >= 11 is 0. The number of carbonyl (C=O) groups excluding carboxylic acids is 1. The van der Waals surface area contributed by atoms with Crippen LogP contribution in [0.2, 0.25) is 0 Å². The first kappa shape index (κ1) is 48.9. The van der Waals surface area contributed by atoms with Crippen LogP contribution in [-0.2, 0) is 14.3 Å². The topological polar surface area (TPSA) is 149 Å². The number of aliphatic hydroxyl groups is 5. The summed E-state index contributed by atoms with van der Waals surface area (Å²) in [6, 6.07) is -0.827. The van der Waals surface area contributed by atoms with Crippen molar-refractivity contribution in [1.82, 2.24) is 5.32 Å². The van der Waals surface area contributed by atoms with E-state index >= 15 is 0 Å². The summed E-state index contributed by atoms with van der Waals surface area (Å²) in [4.78, 5) is 12.9. The number of aliphatic hydroxyl groups excluding tert-OH is 5. The Morgan fingerprint density at radius 2 is 1.17 bits per heavy atom. The van der Waals surface area contributed by atoms with E-state index in [4.69, 9.17) is 9.47 Å². The van der Waals surface area contributed by atoms with Crippen LogP contribution in [0.1, 0.15) is 155 Å². The summed E-state index contributed by atoms with van der Waals surface area (Å²) in [6.45, 7) is 3.61. The maximum Gasteiger partial charge on any atom is 0.220 e. The third-order valence-corrected chi connectivity index (χ3v) is 9.60. The van der Waals surface area contributed by atoms with Crippen molar-refractivity contribution >= 4 is 5.91 Å². The third-order valence-electron chi connectivity index (χ3n) is 9.60. The quantitative estimate of drug-likeness (QED) is 0.0292. The molecule has 1 amide bonds. The maximum absolute atomic E-state index is 12.9. The van der Waals surface area contributed by atoms with Crippen LogP contribution < -0.4 is 5.32 Å². The van der Waals surface area contributed by atoms with Gasteiger partial charge in [0.1, 0.15) is 24.4 Å². The van der Waals surface area contributed by atoms with Crippen LogP contribution in [0, 0.1) is 0 Å². The van der Waals surface area contributed by atoms with Crippen molar-refractivity contribution in [2.24, 2.45) is 0 Å². The number of allylic oxidation sites excluding steroid dienone is 9. The molecular formula is C44H77NO8. The van der Waals surface area contributed by atoms with Crippen LogP contribution in [0.15, 0.2) is 60.8 Å². The van der Waals surface area contributed by atoms with Gasteiger partial charge in [0.2, 0.25) is 5.91 Å². The molecule has 0 saturated carbocycles. The zero-order chi connectivity index (χ0) is 38.8. The lowest BCUT2D eigenvalue weighted by atomic mass is 9.99. The van der Waals surface area contributed by atoms with Crippen LogP contribution in [-0.4, -0.2) is 87.5 Å². The highest BCUT2D eigenvalue weighted by molar-refractivity contribution is 5.76. The second kappa shape index (κ2) is 34.4. The summed E-state index contributed by atoms with van der Waals surface area (Å²) in [5.41, 5.74) is 0. The minimum absolute atomic E-state index is 0.208. The van der Waals surface area contributed by atoms with Crippen molar-refractivity contribution in [2.75, 3.05) is 13.2 Å². The molecule has 7 atom stereocenters. The molecule has 9 nitrogen and oxygen atoms in total. The molecule has 1 aliphatic heterocycles. The molecule has 1 rings (SSSR count). The van der Waals surface area contributed by atoms with Crippen molar-refractivity contribution in [3.05, 3.63) is 60.8 Å². The molecule has 53 heavy (non-hydrogen) atoms. The Morgan fingerprint density at radius 1 is 0.660 bits per heavy atom. The normalized spacial score (nSPS) is 22.3. The van der Waals surface area contributed by atoms with E-state index in [1.54, 1.807) is 6.08 Å². The maximum atomic E-state index is 12.9. The Kier molecular flexibility index (Phi) is 31.7. The molecule has 0 aromatic rings. The molecule has 1 saturated heterocycles. The number of hydrogen-bond donors (Lipinski definition) is 6. The number of rotatable bonds is 33. The van der Waals surface area contributed by atoms with Gasteiger partial charge in [-0.25, -0.2) is 0 Å². The summed E-state index contributed by atoms with van der Waals surface area (Å²) in [7, 11) is 0. The van der Waals surface area contributed by atoms with E-state index in [2.05, 4.69) is 67.8 Å². The van der Waals surface area contributed by atoms with E-state index in [1.807, 2.05) is 6.08 Å². The second-order valence-corrected chi connectivity index (χ2v) is 14.4. The van der Waals surface area contributed by atoms with Crippen LogP contribution >= 0.6 is 0 Å². The van der Waals surface area contributed by atoms with Crippen LogP contribution in [0.25, 0.3) is 0 Å². The molecular weight excluding hydrogens is 670 g/mol. The summed E-state index contributed by atoms with van der Waals surface area (Å²) in [5.74, 6) is -0.221. The smallest absolute Gasteiger partial charge is 0.220 e. The molecule has 0 aromatic heterocycles. The average molecular weight is 748 g/mol. The van der Waals surface area contributed by atoms with Crippen molar-refractivity contribution in [1.29, 1.82) is 0 Å². The first-order valence-corrected chi connectivity index (χ1v) is 21.0. The van der Waals surface area contributed by atoms with Crippen molar-refractivity contribution in [3.63, 3.8) is 0 Å². The predicted octanol–water partition coefficient (Wildman–Crippen LogP) is 8.05. The zero-order valence-corrected chi connectivity index (χ0v) is 33.2. The fraction of sp³-hybridized carbons (Fsp3) is 0.750. The van der Waals surface area contributed by atoms with Gasteiger partial charge in [-0.1, -0.05) is 152 Å². The van der Waals surface area contributed by atoms with Crippen LogP contribution in [0.4, 0.5) is 0 Å². The van der Waals surface area contributed by atoms with Crippen molar-refractivity contribution < 1.29 is 39.8 Å². The predicted molar refractivity (Wildman–Crippen MR) is 216 cm³/mol. The lowest BCUT2D eigenvalue weighted by molar-refractivity contribution is -0.302. The number of ether oxygens (including phenoxy) is 2. The molecule has 1 heterocycles. The highest BCUT2D eigenvalue weighted by Gasteiger charge is 2.44. The molecule has 1 aliphatic rings. The van der Waals surface area contributed by atoms with E-state index in [9.17, 15) is 30.3 Å². The first-order chi connectivity index (χ1) is 25.8. The van der Waals surface area contributed by atoms with Crippen molar-refractivity contribution in [2.45, 2.75) is 198 Å². The first-order valence-electron chi connectivity index (χ1n) is 21.0. The molecule has 9 heteroatoms. The molecule has 6 N–H and O–H groups in total. The molecule has 0 bridgehead atoms. The van der Waals surface area contributed by atoms with Gasteiger partial charge in [-0.05, 0) is 57.8 Å². The number of nitrogens with one attached hydrogen (secondary N) is 1. The minimum atomic E-state index is -1.57. The fourth-order valence-electron chi connectivity index (χ4n) is 6.20. The van der Waals surface area contributed by atoms with Gasteiger partial charge in [0.05, 0.1) is 25.4 Å². The highest BCUT2D eigenvalue weighted by Crippen LogP contribution is 2.22. The van der Waals surface area contributed by atoms with E-state index in [0.29, 0.717) is 12.8 Å². The second-order valence-electron chi connectivity index (χ2n) is 14.4.